The Labute approximate surface area is 115 Å². The summed E-state index contributed by atoms with van der Waals surface area (Å²) in [5.41, 5.74) is 0.615. The molecule has 3 heterocycles. The third-order valence-electron chi connectivity index (χ3n) is 4.91. The summed E-state index contributed by atoms with van der Waals surface area (Å²) in [6.07, 6.45) is 5.76. The zero-order valence-electron chi connectivity index (χ0n) is 12.2. The summed E-state index contributed by atoms with van der Waals surface area (Å²) in [4.78, 5) is 9.42. The molecule has 2 aliphatic heterocycles. The van der Waals surface area contributed by atoms with Crippen LogP contribution in [0.3, 0.4) is 0 Å². The number of likely N-dealkylation sites (tertiary alicyclic amines) is 2. The first kappa shape index (κ1) is 13.1. The molecule has 5 heteroatoms. The Hall–Kier alpha value is -0.940. The van der Waals surface area contributed by atoms with Gasteiger partial charge in [-0.3, -0.25) is 4.90 Å². The standard InChI is InChI=1S/C14H25N5/c1-3-19-13(15-12-16-19)10-18-8-5-14(6-9-18)4-7-17(2)11-14/h12H,3-11H2,1-2H3. The van der Waals surface area contributed by atoms with Crippen molar-refractivity contribution in [3.8, 4) is 0 Å². The third kappa shape index (κ3) is 2.67. The Morgan fingerprint density at radius 2 is 1.95 bits per heavy atom. The van der Waals surface area contributed by atoms with Crippen molar-refractivity contribution in [1.29, 1.82) is 0 Å². The van der Waals surface area contributed by atoms with E-state index in [0.717, 1.165) is 18.9 Å². The first-order valence-electron chi connectivity index (χ1n) is 7.48. The summed E-state index contributed by atoms with van der Waals surface area (Å²) in [6.45, 7) is 9.00. The zero-order valence-corrected chi connectivity index (χ0v) is 12.2. The molecule has 1 aromatic rings. The maximum Gasteiger partial charge on any atom is 0.140 e. The van der Waals surface area contributed by atoms with Gasteiger partial charge in [-0.2, -0.15) is 5.10 Å². The van der Waals surface area contributed by atoms with E-state index in [2.05, 4.69) is 33.9 Å². The number of nitrogens with zero attached hydrogens (tertiary/aromatic N) is 5. The van der Waals surface area contributed by atoms with Crippen LogP contribution in [0.15, 0.2) is 6.33 Å². The van der Waals surface area contributed by atoms with Crippen molar-refractivity contribution in [1.82, 2.24) is 24.6 Å². The van der Waals surface area contributed by atoms with Gasteiger partial charge in [0.1, 0.15) is 12.2 Å². The van der Waals surface area contributed by atoms with E-state index in [4.69, 9.17) is 0 Å². The van der Waals surface area contributed by atoms with Crippen LogP contribution >= 0.6 is 0 Å². The van der Waals surface area contributed by atoms with Gasteiger partial charge in [0.15, 0.2) is 0 Å². The molecule has 2 aliphatic rings. The van der Waals surface area contributed by atoms with Gasteiger partial charge in [0.2, 0.25) is 0 Å². The van der Waals surface area contributed by atoms with Crippen LogP contribution in [0.4, 0.5) is 0 Å². The van der Waals surface area contributed by atoms with Gasteiger partial charge in [0.25, 0.3) is 0 Å². The number of aryl methyl sites for hydroxylation is 1. The molecule has 3 rings (SSSR count). The van der Waals surface area contributed by atoms with Crippen LogP contribution in [0.2, 0.25) is 0 Å². The molecule has 0 amide bonds. The van der Waals surface area contributed by atoms with Crippen LogP contribution in [-0.2, 0) is 13.1 Å². The molecule has 0 radical (unpaired) electrons. The van der Waals surface area contributed by atoms with Crippen molar-refractivity contribution in [3.63, 3.8) is 0 Å². The van der Waals surface area contributed by atoms with Gasteiger partial charge in [-0.15, -0.1) is 0 Å². The number of piperidine rings is 1. The molecule has 0 bridgehead atoms. The number of rotatable bonds is 3. The molecule has 0 N–H and O–H groups in total. The highest BCUT2D eigenvalue weighted by Gasteiger charge is 2.39. The number of hydrogen-bond acceptors (Lipinski definition) is 4. The van der Waals surface area contributed by atoms with Crippen LogP contribution in [0.1, 0.15) is 32.0 Å². The lowest BCUT2D eigenvalue weighted by Crippen LogP contribution is -2.41. The highest BCUT2D eigenvalue weighted by atomic mass is 15.3. The summed E-state index contributed by atoms with van der Waals surface area (Å²) in [7, 11) is 2.25. The lowest BCUT2D eigenvalue weighted by molar-refractivity contribution is 0.102. The van der Waals surface area contributed by atoms with E-state index in [9.17, 15) is 0 Å². The van der Waals surface area contributed by atoms with Gasteiger partial charge < -0.3 is 4.90 Å². The Morgan fingerprint density at radius 1 is 1.21 bits per heavy atom. The van der Waals surface area contributed by atoms with Gasteiger partial charge in [0.05, 0.1) is 6.54 Å². The molecular formula is C14H25N5. The fourth-order valence-electron chi connectivity index (χ4n) is 3.63. The molecule has 1 aromatic heterocycles. The quantitative estimate of drug-likeness (QED) is 0.821. The molecule has 5 nitrogen and oxygen atoms in total. The average molecular weight is 263 g/mol. The number of hydrogen-bond donors (Lipinski definition) is 0. The van der Waals surface area contributed by atoms with Gasteiger partial charge in [-0.05, 0) is 58.3 Å². The van der Waals surface area contributed by atoms with Gasteiger partial charge in [-0.1, -0.05) is 0 Å². The lowest BCUT2D eigenvalue weighted by Gasteiger charge is -2.39. The van der Waals surface area contributed by atoms with E-state index < -0.39 is 0 Å². The zero-order chi connectivity index (χ0) is 13.3. The fraction of sp³-hybridized carbons (Fsp3) is 0.857. The van der Waals surface area contributed by atoms with Crippen molar-refractivity contribution in [2.75, 3.05) is 33.2 Å². The van der Waals surface area contributed by atoms with Gasteiger partial charge in [-0.25, -0.2) is 9.67 Å². The van der Waals surface area contributed by atoms with Crippen molar-refractivity contribution in [2.24, 2.45) is 5.41 Å². The lowest BCUT2D eigenvalue weighted by atomic mass is 9.78. The SMILES string of the molecule is CCn1ncnc1CN1CCC2(CCN(C)C2)CC1. The fourth-order valence-corrected chi connectivity index (χ4v) is 3.63. The summed E-state index contributed by atoms with van der Waals surface area (Å²) in [5, 5.41) is 4.25. The van der Waals surface area contributed by atoms with Crippen LogP contribution in [0.5, 0.6) is 0 Å². The maximum absolute atomic E-state index is 4.38. The van der Waals surface area contributed by atoms with E-state index in [-0.39, 0.29) is 0 Å². The largest absolute Gasteiger partial charge is 0.306 e. The molecule has 0 saturated carbocycles. The first-order chi connectivity index (χ1) is 9.21. The monoisotopic (exact) mass is 263 g/mol. The van der Waals surface area contributed by atoms with E-state index in [1.165, 1.54) is 45.4 Å². The molecule has 0 aliphatic carbocycles. The molecule has 1 spiro atoms. The van der Waals surface area contributed by atoms with Crippen molar-refractivity contribution < 1.29 is 0 Å². The van der Waals surface area contributed by atoms with E-state index in [1.807, 2.05) is 4.68 Å². The summed E-state index contributed by atoms with van der Waals surface area (Å²) < 4.78 is 2.01. The first-order valence-corrected chi connectivity index (χ1v) is 7.48. The predicted molar refractivity (Wildman–Crippen MR) is 74.8 cm³/mol. The van der Waals surface area contributed by atoms with Crippen molar-refractivity contribution in [2.45, 2.75) is 39.3 Å². The second-order valence-corrected chi connectivity index (χ2v) is 6.26. The van der Waals surface area contributed by atoms with Crippen molar-refractivity contribution >= 4 is 0 Å². The smallest absolute Gasteiger partial charge is 0.140 e. The highest BCUT2D eigenvalue weighted by Crippen LogP contribution is 2.39. The predicted octanol–water partition coefficient (Wildman–Crippen LogP) is 1.22. The summed E-state index contributed by atoms with van der Waals surface area (Å²) in [6, 6.07) is 0. The Kier molecular flexibility index (Phi) is 3.58. The molecule has 2 saturated heterocycles. The topological polar surface area (TPSA) is 37.2 Å². The van der Waals surface area contributed by atoms with E-state index in [1.54, 1.807) is 6.33 Å². The molecule has 0 unspecified atom stereocenters. The molecule has 2 fully saturated rings. The Bertz CT molecular complexity index is 419. The minimum atomic E-state index is 0.615. The van der Waals surface area contributed by atoms with Crippen LogP contribution in [0, 0.1) is 5.41 Å². The molecule has 0 aromatic carbocycles. The maximum atomic E-state index is 4.38. The Morgan fingerprint density at radius 3 is 2.58 bits per heavy atom. The second-order valence-electron chi connectivity index (χ2n) is 6.26. The normalized spacial score (nSPS) is 24.3. The third-order valence-corrected chi connectivity index (χ3v) is 4.91. The molecular weight excluding hydrogens is 238 g/mol. The highest BCUT2D eigenvalue weighted by molar-refractivity contribution is 4.94. The summed E-state index contributed by atoms with van der Waals surface area (Å²) >= 11 is 0. The minimum Gasteiger partial charge on any atom is -0.306 e. The van der Waals surface area contributed by atoms with Crippen molar-refractivity contribution in [3.05, 3.63) is 12.2 Å². The molecule has 19 heavy (non-hydrogen) atoms. The van der Waals surface area contributed by atoms with Gasteiger partial charge >= 0.3 is 0 Å². The number of aromatic nitrogens is 3. The van der Waals surface area contributed by atoms with Crippen LogP contribution < -0.4 is 0 Å². The van der Waals surface area contributed by atoms with Crippen LogP contribution in [-0.4, -0.2) is 57.8 Å². The second kappa shape index (κ2) is 5.21. The average Bonchev–Trinajstić information content (AvgIpc) is 3.00. The molecule has 0 atom stereocenters. The molecule has 106 valence electrons. The van der Waals surface area contributed by atoms with E-state index >= 15 is 0 Å². The van der Waals surface area contributed by atoms with Crippen LogP contribution in [0.25, 0.3) is 0 Å². The Balaban J connectivity index is 1.56. The summed E-state index contributed by atoms with van der Waals surface area (Å²) in [5.74, 6) is 1.11. The van der Waals surface area contributed by atoms with Gasteiger partial charge in [0, 0.05) is 13.1 Å². The minimum absolute atomic E-state index is 0.615. The van der Waals surface area contributed by atoms with E-state index in [0.29, 0.717) is 5.41 Å².